The van der Waals surface area contributed by atoms with Gasteiger partial charge >= 0.3 is 5.97 Å². The molecule has 2 aromatic carbocycles. The first-order chi connectivity index (χ1) is 9.65. The number of thioether (sulfide) groups is 1. The van der Waals surface area contributed by atoms with E-state index in [1.807, 2.05) is 54.6 Å². The fourth-order valence-electron chi connectivity index (χ4n) is 1.77. The molecule has 0 saturated heterocycles. The Kier molecular flexibility index (Phi) is 5.68. The molecule has 0 radical (unpaired) electrons. The normalized spacial score (nSPS) is 11.9. The van der Waals surface area contributed by atoms with Crippen LogP contribution in [0, 0.1) is 0 Å². The molecule has 0 bridgehead atoms. The van der Waals surface area contributed by atoms with Crippen molar-refractivity contribution in [3.8, 4) is 0 Å². The molecule has 4 heteroatoms. The van der Waals surface area contributed by atoms with Gasteiger partial charge in [0.1, 0.15) is 6.10 Å². The number of esters is 1. The van der Waals surface area contributed by atoms with Crippen molar-refractivity contribution in [3.63, 3.8) is 0 Å². The average molecular weight is 351 g/mol. The predicted molar refractivity (Wildman–Crippen MR) is 85.8 cm³/mol. The maximum absolute atomic E-state index is 11.2. The van der Waals surface area contributed by atoms with Gasteiger partial charge in [0.25, 0.3) is 0 Å². The lowest BCUT2D eigenvalue weighted by Crippen LogP contribution is -2.10. The molecule has 0 spiro atoms. The molecule has 1 atom stereocenters. The second-order valence-corrected chi connectivity index (χ2v) is 6.28. The van der Waals surface area contributed by atoms with Crippen molar-refractivity contribution in [3.05, 3.63) is 64.6 Å². The summed E-state index contributed by atoms with van der Waals surface area (Å²) < 4.78 is 6.47. The summed E-state index contributed by atoms with van der Waals surface area (Å²) in [6, 6.07) is 17.9. The van der Waals surface area contributed by atoms with Crippen LogP contribution in [0.3, 0.4) is 0 Å². The van der Waals surface area contributed by atoms with E-state index in [0.717, 1.165) is 14.9 Å². The largest absolute Gasteiger partial charge is 0.457 e. The molecule has 20 heavy (non-hydrogen) atoms. The third kappa shape index (κ3) is 4.69. The lowest BCUT2D eigenvalue weighted by molar-refractivity contribution is -0.145. The average Bonchev–Trinajstić information content (AvgIpc) is 2.46. The minimum Gasteiger partial charge on any atom is -0.457 e. The summed E-state index contributed by atoms with van der Waals surface area (Å²) in [4.78, 5) is 12.4. The van der Waals surface area contributed by atoms with E-state index in [4.69, 9.17) is 4.74 Å². The summed E-state index contributed by atoms with van der Waals surface area (Å²) in [6.07, 6.45) is -0.220. The molecule has 2 aromatic rings. The Labute approximate surface area is 131 Å². The number of carbonyl (C=O) groups excluding carboxylic acids is 1. The van der Waals surface area contributed by atoms with Crippen LogP contribution in [0.15, 0.2) is 64.0 Å². The van der Waals surface area contributed by atoms with Gasteiger partial charge in [-0.25, -0.2) is 0 Å². The van der Waals surface area contributed by atoms with Gasteiger partial charge in [-0.05, 0) is 29.8 Å². The van der Waals surface area contributed by atoms with Crippen LogP contribution in [0.5, 0.6) is 0 Å². The molecule has 0 aliphatic heterocycles. The number of rotatable bonds is 5. The van der Waals surface area contributed by atoms with Crippen LogP contribution < -0.4 is 0 Å². The summed E-state index contributed by atoms with van der Waals surface area (Å²) >= 11 is 5.09. The molecule has 1 unspecified atom stereocenters. The molecule has 0 saturated carbocycles. The van der Waals surface area contributed by atoms with E-state index in [-0.39, 0.29) is 12.1 Å². The Balaban J connectivity index is 2.04. The van der Waals surface area contributed by atoms with Crippen LogP contribution in [0.2, 0.25) is 0 Å². The van der Waals surface area contributed by atoms with Crippen LogP contribution in [-0.4, -0.2) is 11.7 Å². The smallest absolute Gasteiger partial charge is 0.303 e. The first kappa shape index (κ1) is 15.1. The molecule has 0 fully saturated rings. The number of ether oxygens (including phenoxy) is 1. The Hall–Kier alpha value is -1.26. The monoisotopic (exact) mass is 350 g/mol. The van der Waals surface area contributed by atoms with Gasteiger partial charge in [-0.15, -0.1) is 11.8 Å². The molecule has 0 aromatic heterocycles. The summed E-state index contributed by atoms with van der Waals surface area (Å²) in [5.41, 5.74) is 1.02. The van der Waals surface area contributed by atoms with Crippen LogP contribution in [0.25, 0.3) is 0 Å². The van der Waals surface area contributed by atoms with Gasteiger partial charge in [-0.1, -0.05) is 46.3 Å². The minimum atomic E-state index is -0.254. The third-order valence-electron chi connectivity index (χ3n) is 2.69. The van der Waals surface area contributed by atoms with Crippen molar-refractivity contribution in [1.29, 1.82) is 0 Å². The van der Waals surface area contributed by atoms with Gasteiger partial charge in [-0.2, -0.15) is 0 Å². The van der Waals surface area contributed by atoms with Crippen molar-refractivity contribution in [2.24, 2.45) is 0 Å². The zero-order chi connectivity index (χ0) is 14.4. The topological polar surface area (TPSA) is 26.3 Å². The Morgan fingerprint density at radius 3 is 2.40 bits per heavy atom. The highest BCUT2D eigenvalue weighted by Gasteiger charge is 2.14. The van der Waals surface area contributed by atoms with Gasteiger partial charge in [-0.3, -0.25) is 4.79 Å². The van der Waals surface area contributed by atoms with Gasteiger partial charge in [0.05, 0.1) is 0 Å². The molecular weight excluding hydrogens is 336 g/mol. The highest BCUT2D eigenvalue weighted by atomic mass is 79.9. The first-order valence-corrected chi connectivity index (χ1v) is 8.03. The number of hydrogen-bond donors (Lipinski definition) is 0. The van der Waals surface area contributed by atoms with Gasteiger partial charge in [0.15, 0.2) is 0 Å². The minimum absolute atomic E-state index is 0.220. The number of halogens is 1. The van der Waals surface area contributed by atoms with Gasteiger partial charge < -0.3 is 4.74 Å². The van der Waals surface area contributed by atoms with Crippen molar-refractivity contribution in [2.45, 2.75) is 17.9 Å². The summed E-state index contributed by atoms with van der Waals surface area (Å²) in [7, 11) is 0. The van der Waals surface area contributed by atoms with E-state index in [1.54, 1.807) is 11.8 Å². The molecule has 104 valence electrons. The zero-order valence-electron chi connectivity index (χ0n) is 11.1. The highest BCUT2D eigenvalue weighted by Crippen LogP contribution is 2.28. The second-order valence-electron chi connectivity index (χ2n) is 4.27. The Bertz CT molecular complexity index is 554. The SMILES string of the molecule is CC(=O)OC(CSc1ccc(Br)cc1)c1ccccc1. The molecule has 0 amide bonds. The van der Waals surface area contributed by atoms with Crippen LogP contribution in [-0.2, 0) is 9.53 Å². The molecule has 0 aliphatic rings. The van der Waals surface area contributed by atoms with Crippen molar-refractivity contribution in [2.75, 3.05) is 5.75 Å². The van der Waals surface area contributed by atoms with Crippen LogP contribution in [0.1, 0.15) is 18.6 Å². The lowest BCUT2D eigenvalue weighted by atomic mass is 10.1. The number of benzene rings is 2. The maximum Gasteiger partial charge on any atom is 0.303 e. The quantitative estimate of drug-likeness (QED) is 0.569. The van der Waals surface area contributed by atoms with Crippen molar-refractivity contribution in [1.82, 2.24) is 0 Å². The third-order valence-corrected chi connectivity index (χ3v) is 4.30. The standard InChI is InChI=1S/C16H15BrO2S/c1-12(18)19-16(13-5-3-2-4-6-13)11-20-15-9-7-14(17)8-10-15/h2-10,16H,11H2,1H3. The van der Waals surface area contributed by atoms with E-state index < -0.39 is 0 Å². The van der Waals surface area contributed by atoms with Crippen molar-refractivity contribution < 1.29 is 9.53 Å². The molecule has 0 N–H and O–H groups in total. The lowest BCUT2D eigenvalue weighted by Gasteiger charge is -2.17. The number of hydrogen-bond acceptors (Lipinski definition) is 3. The highest BCUT2D eigenvalue weighted by molar-refractivity contribution is 9.10. The van der Waals surface area contributed by atoms with E-state index in [2.05, 4.69) is 15.9 Å². The predicted octanol–water partition coefficient (Wildman–Crippen LogP) is 4.85. The molecular formula is C16H15BrO2S. The molecule has 0 heterocycles. The fraction of sp³-hybridized carbons (Fsp3) is 0.188. The summed E-state index contributed by atoms with van der Waals surface area (Å²) in [5, 5.41) is 0. The zero-order valence-corrected chi connectivity index (χ0v) is 13.5. The van der Waals surface area contributed by atoms with E-state index in [1.165, 1.54) is 6.92 Å². The molecule has 2 rings (SSSR count). The van der Waals surface area contributed by atoms with E-state index in [0.29, 0.717) is 5.75 Å². The second kappa shape index (κ2) is 7.50. The fourth-order valence-corrected chi connectivity index (χ4v) is 2.97. The van der Waals surface area contributed by atoms with Crippen molar-refractivity contribution >= 4 is 33.7 Å². The maximum atomic E-state index is 11.2. The van der Waals surface area contributed by atoms with Crippen LogP contribution >= 0.6 is 27.7 Å². The van der Waals surface area contributed by atoms with E-state index >= 15 is 0 Å². The van der Waals surface area contributed by atoms with Crippen LogP contribution in [0.4, 0.5) is 0 Å². The number of carbonyl (C=O) groups is 1. The summed E-state index contributed by atoms with van der Waals surface area (Å²) in [6.45, 7) is 1.44. The summed E-state index contributed by atoms with van der Waals surface area (Å²) in [5.74, 6) is 0.445. The first-order valence-electron chi connectivity index (χ1n) is 6.25. The van der Waals surface area contributed by atoms with E-state index in [9.17, 15) is 4.79 Å². The Morgan fingerprint density at radius 2 is 1.80 bits per heavy atom. The van der Waals surface area contributed by atoms with Gasteiger partial charge in [0, 0.05) is 22.0 Å². The molecule has 2 nitrogen and oxygen atoms in total. The Morgan fingerprint density at radius 1 is 1.15 bits per heavy atom. The molecule has 0 aliphatic carbocycles. The van der Waals surface area contributed by atoms with Gasteiger partial charge in [0.2, 0.25) is 0 Å².